The molecule has 1 aliphatic rings. The number of aromatic nitrogens is 1. The largest absolute Gasteiger partial charge is 0.392 e. The molecular weight excluding hydrogens is 210 g/mol. The highest BCUT2D eigenvalue weighted by atomic mass is 16.3. The Bertz CT molecular complexity index is 653. The molecule has 2 aromatic rings. The Balaban J connectivity index is 2.22. The van der Waals surface area contributed by atoms with E-state index in [-0.39, 0.29) is 6.61 Å². The van der Waals surface area contributed by atoms with E-state index in [0.717, 1.165) is 22.2 Å². The molecule has 1 heterocycles. The standard InChI is InChI=1S/C15H13NO/c1-10-7-13(9-17)14-6-5-12(8-15(14)16-10)11-3-2-4-11/h2-8,17H,9H2,1H3. The van der Waals surface area contributed by atoms with Crippen molar-refractivity contribution < 1.29 is 5.11 Å². The fourth-order valence-electron chi connectivity index (χ4n) is 2.14. The summed E-state index contributed by atoms with van der Waals surface area (Å²) < 4.78 is 0. The van der Waals surface area contributed by atoms with Crippen LogP contribution in [0, 0.1) is 6.92 Å². The molecule has 1 N–H and O–H groups in total. The Morgan fingerprint density at radius 3 is 2.71 bits per heavy atom. The van der Waals surface area contributed by atoms with Gasteiger partial charge in [0.05, 0.1) is 12.1 Å². The molecule has 0 amide bonds. The minimum Gasteiger partial charge on any atom is -0.392 e. The number of aryl methyl sites for hydroxylation is 1. The molecule has 0 aliphatic heterocycles. The van der Waals surface area contributed by atoms with Crippen LogP contribution in [0.5, 0.6) is 0 Å². The van der Waals surface area contributed by atoms with Gasteiger partial charge in [-0.3, -0.25) is 4.98 Å². The van der Waals surface area contributed by atoms with Crippen molar-refractivity contribution in [3.05, 3.63) is 59.3 Å². The first kappa shape index (κ1) is 10.2. The lowest BCUT2D eigenvalue weighted by atomic mass is 9.97. The van der Waals surface area contributed by atoms with Gasteiger partial charge in [0.2, 0.25) is 0 Å². The van der Waals surface area contributed by atoms with E-state index >= 15 is 0 Å². The Kier molecular flexibility index (Phi) is 2.30. The van der Waals surface area contributed by atoms with Crippen LogP contribution < -0.4 is 0 Å². The van der Waals surface area contributed by atoms with Crippen LogP contribution in [0.2, 0.25) is 0 Å². The highest BCUT2D eigenvalue weighted by Gasteiger charge is 2.07. The molecule has 1 aromatic heterocycles. The molecule has 0 spiro atoms. The molecule has 1 aliphatic carbocycles. The van der Waals surface area contributed by atoms with E-state index in [2.05, 4.69) is 29.3 Å². The summed E-state index contributed by atoms with van der Waals surface area (Å²) in [5.41, 5.74) is 5.25. The average Bonchev–Trinajstić information content (AvgIpc) is 2.25. The molecule has 2 heteroatoms. The zero-order chi connectivity index (χ0) is 11.8. The molecule has 0 saturated carbocycles. The zero-order valence-electron chi connectivity index (χ0n) is 9.64. The lowest BCUT2D eigenvalue weighted by Gasteiger charge is -2.10. The summed E-state index contributed by atoms with van der Waals surface area (Å²) >= 11 is 0. The van der Waals surface area contributed by atoms with E-state index in [4.69, 9.17) is 0 Å². The summed E-state index contributed by atoms with van der Waals surface area (Å²) in [5.74, 6) is 0. The second-order valence-electron chi connectivity index (χ2n) is 4.29. The van der Waals surface area contributed by atoms with Crippen LogP contribution in [-0.4, -0.2) is 10.1 Å². The fourth-order valence-corrected chi connectivity index (χ4v) is 2.14. The van der Waals surface area contributed by atoms with Gasteiger partial charge in [-0.15, -0.1) is 0 Å². The van der Waals surface area contributed by atoms with Crippen molar-refractivity contribution in [3.8, 4) is 0 Å². The van der Waals surface area contributed by atoms with Crippen LogP contribution in [0.15, 0.2) is 42.5 Å². The van der Waals surface area contributed by atoms with Crippen molar-refractivity contribution in [1.29, 1.82) is 0 Å². The molecule has 0 saturated heterocycles. The first-order valence-electron chi connectivity index (χ1n) is 5.68. The van der Waals surface area contributed by atoms with Gasteiger partial charge in [0, 0.05) is 11.1 Å². The highest BCUT2D eigenvalue weighted by molar-refractivity contribution is 5.89. The van der Waals surface area contributed by atoms with Gasteiger partial charge in [-0.2, -0.15) is 0 Å². The molecule has 2 nitrogen and oxygen atoms in total. The van der Waals surface area contributed by atoms with E-state index in [9.17, 15) is 5.11 Å². The maximum atomic E-state index is 9.35. The van der Waals surface area contributed by atoms with Crippen LogP contribution >= 0.6 is 0 Å². The maximum absolute atomic E-state index is 9.35. The van der Waals surface area contributed by atoms with Gasteiger partial charge in [0.1, 0.15) is 0 Å². The number of allylic oxidation sites excluding steroid dienone is 4. The normalized spacial score (nSPS) is 13.6. The smallest absolute Gasteiger partial charge is 0.0714 e. The first-order chi connectivity index (χ1) is 8.28. The molecule has 0 fully saturated rings. The zero-order valence-corrected chi connectivity index (χ0v) is 9.64. The predicted molar refractivity (Wildman–Crippen MR) is 69.5 cm³/mol. The second-order valence-corrected chi connectivity index (χ2v) is 4.29. The lowest BCUT2D eigenvalue weighted by molar-refractivity contribution is 0.283. The number of benzene rings is 1. The summed E-state index contributed by atoms with van der Waals surface area (Å²) in [4.78, 5) is 4.52. The molecule has 1 aromatic carbocycles. The second kappa shape index (κ2) is 3.82. The molecule has 3 rings (SSSR count). The van der Waals surface area contributed by atoms with Gasteiger partial charge in [-0.1, -0.05) is 30.4 Å². The van der Waals surface area contributed by atoms with Crippen LogP contribution in [0.3, 0.4) is 0 Å². The van der Waals surface area contributed by atoms with E-state index in [1.165, 1.54) is 11.1 Å². The third-order valence-electron chi connectivity index (χ3n) is 3.08. The molecule has 84 valence electrons. The molecule has 0 radical (unpaired) electrons. The van der Waals surface area contributed by atoms with E-state index < -0.39 is 0 Å². The Labute approximate surface area is 99.9 Å². The number of aliphatic hydroxyl groups excluding tert-OH is 1. The molecule has 17 heavy (non-hydrogen) atoms. The maximum Gasteiger partial charge on any atom is 0.0714 e. The number of hydrogen-bond donors (Lipinski definition) is 1. The van der Waals surface area contributed by atoms with Gasteiger partial charge >= 0.3 is 0 Å². The average molecular weight is 223 g/mol. The molecule has 0 bridgehead atoms. The van der Waals surface area contributed by atoms with Crippen molar-refractivity contribution >= 4 is 16.5 Å². The Hall–Kier alpha value is -1.93. The molecule has 0 unspecified atom stereocenters. The van der Waals surface area contributed by atoms with Crippen molar-refractivity contribution in [2.45, 2.75) is 13.5 Å². The summed E-state index contributed by atoms with van der Waals surface area (Å²) in [6, 6.07) is 8.13. The summed E-state index contributed by atoms with van der Waals surface area (Å²) in [6.45, 7) is 2.01. The SMILES string of the molecule is Cc1cc(CO)c2ccc(C3=CC=C3)cc2n1. The molecule has 0 atom stereocenters. The number of hydrogen-bond acceptors (Lipinski definition) is 2. The first-order valence-corrected chi connectivity index (χ1v) is 5.68. The third-order valence-corrected chi connectivity index (χ3v) is 3.08. The van der Waals surface area contributed by atoms with Crippen LogP contribution in [0.4, 0.5) is 0 Å². The van der Waals surface area contributed by atoms with Gasteiger partial charge in [-0.05, 0) is 35.8 Å². The van der Waals surface area contributed by atoms with Crippen molar-refractivity contribution in [3.63, 3.8) is 0 Å². The van der Waals surface area contributed by atoms with Gasteiger partial charge in [0.25, 0.3) is 0 Å². The topological polar surface area (TPSA) is 33.1 Å². The van der Waals surface area contributed by atoms with E-state index in [1.54, 1.807) is 0 Å². The van der Waals surface area contributed by atoms with Crippen LogP contribution in [0.1, 0.15) is 16.8 Å². The fraction of sp³-hybridized carbons (Fsp3) is 0.133. The van der Waals surface area contributed by atoms with Gasteiger partial charge in [-0.25, -0.2) is 0 Å². The minimum absolute atomic E-state index is 0.0573. The van der Waals surface area contributed by atoms with E-state index in [0.29, 0.717) is 0 Å². The van der Waals surface area contributed by atoms with Crippen LogP contribution in [-0.2, 0) is 6.61 Å². The summed E-state index contributed by atoms with van der Waals surface area (Å²) in [5, 5.41) is 10.4. The quantitative estimate of drug-likeness (QED) is 0.849. The minimum atomic E-state index is 0.0573. The number of aliphatic hydroxyl groups is 1. The van der Waals surface area contributed by atoms with Gasteiger partial charge in [0.15, 0.2) is 0 Å². The van der Waals surface area contributed by atoms with Crippen molar-refractivity contribution in [1.82, 2.24) is 4.98 Å². The number of rotatable bonds is 2. The molecular formula is C15H13NO. The van der Waals surface area contributed by atoms with Crippen molar-refractivity contribution in [2.24, 2.45) is 0 Å². The summed E-state index contributed by atoms with van der Waals surface area (Å²) in [7, 11) is 0. The van der Waals surface area contributed by atoms with Gasteiger partial charge < -0.3 is 5.11 Å². The number of nitrogens with zero attached hydrogens (tertiary/aromatic N) is 1. The highest BCUT2D eigenvalue weighted by Crippen LogP contribution is 2.26. The number of pyridine rings is 1. The predicted octanol–water partition coefficient (Wildman–Crippen LogP) is 2.99. The Morgan fingerprint density at radius 2 is 2.06 bits per heavy atom. The summed E-state index contributed by atoms with van der Waals surface area (Å²) in [6.07, 6.45) is 6.20. The third kappa shape index (κ3) is 1.67. The van der Waals surface area contributed by atoms with Crippen LogP contribution in [0.25, 0.3) is 16.5 Å². The lowest BCUT2D eigenvalue weighted by Crippen LogP contribution is -1.94. The Morgan fingerprint density at radius 1 is 1.24 bits per heavy atom. The van der Waals surface area contributed by atoms with E-state index in [1.807, 2.05) is 25.1 Å². The monoisotopic (exact) mass is 223 g/mol. The number of fused-ring (bicyclic) bond motifs is 1. The van der Waals surface area contributed by atoms with Crippen molar-refractivity contribution in [2.75, 3.05) is 0 Å².